The van der Waals surface area contributed by atoms with Crippen molar-refractivity contribution in [2.45, 2.75) is 6.04 Å². The van der Waals surface area contributed by atoms with Gasteiger partial charge in [0.1, 0.15) is 11.9 Å². The zero-order chi connectivity index (χ0) is 13.7. The molecule has 2 N–H and O–H groups in total. The number of carbonyl (C=O) groups is 1. The lowest BCUT2D eigenvalue weighted by molar-refractivity contribution is -0.139. The van der Waals surface area contributed by atoms with Crippen LogP contribution in [0.5, 0.6) is 0 Å². The zero-order valence-corrected chi connectivity index (χ0v) is 11.9. The highest BCUT2D eigenvalue weighted by Crippen LogP contribution is 2.24. The Balaban J connectivity index is 2.84. The van der Waals surface area contributed by atoms with Crippen LogP contribution in [0, 0.1) is 5.82 Å². The van der Waals surface area contributed by atoms with Crippen LogP contribution in [0.1, 0.15) is 11.6 Å². The van der Waals surface area contributed by atoms with Crippen LogP contribution in [0.3, 0.4) is 0 Å². The van der Waals surface area contributed by atoms with Crippen molar-refractivity contribution in [1.82, 2.24) is 10.2 Å². The Morgan fingerprint density at radius 3 is 2.78 bits per heavy atom. The number of hydrogen-bond acceptors (Lipinski definition) is 3. The first-order valence-corrected chi connectivity index (χ1v) is 6.27. The average Bonchev–Trinajstić information content (AvgIpc) is 2.27. The highest BCUT2D eigenvalue weighted by atomic mass is 79.9. The van der Waals surface area contributed by atoms with Gasteiger partial charge in [-0.1, -0.05) is 15.9 Å². The van der Waals surface area contributed by atoms with Gasteiger partial charge in [0.2, 0.25) is 0 Å². The fourth-order valence-corrected chi connectivity index (χ4v) is 1.97. The highest BCUT2D eigenvalue weighted by Gasteiger charge is 2.21. The fourth-order valence-electron chi connectivity index (χ4n) is 1.50. The fraction of sp³-hybridized carbons (Fsp3) is 0.417. The maximum absolute atomic E-state index is 13.2. The molecule has 100 valence electrons. The number of nitrogens with one attached hydrogen (secondary N) is 1. The number of nitrogens with zero attached hydrogens (tertiary/aromatic N) is 1. The number of likely N-dealkylation sites (N-methyl/N-ethyl adjacent to an activating group) is 1. The molecule has 0 radical (unpaired) electrons. The molecule has 0 fully saturated rings. The van der Waals surface area contributed by atoms with E-state index >= 15 is 0 Å². The summed E-state index contributed by atoms with van der Waals surface area (Å²) < 4.78 is 13.7. The lowest BCUT2D eigenvalue weighted by Gasteiger charge is -2.18. The van der Waals surface area contributed by atoms with E-state index in [-0.39, 0.29) is 0 Å². The molecule has 1 unspecified atom stereocenters. The van der Waals surface area contributed by atoms with Crippen LogP contribution in [0.25, 0.3) is 0 Å². The number of carboxylic acids is 1. The third kappa shape index (κ3) is 4.36. The summed E-state index contributed by atoms with van der Waals surface area (Å²) in [6.07, 6.45) is 0. The standard InChI is InChI=1S/C12H16BrFN2O2/c1-16(2)6-5-15-11(12(17)18)9-7-8(14)3-4-10(9)13/h3-4,7,11,15H,5-6H2,1-2H3,(H,17,18). The van der Waals surface area contributed by atoms with Crippen LogP contribution in [-0.4, -0.2) is 43.2 Å². The first-order chi connectivity index (χ1) is 8.41. The normalized spacial score (nSPS) is 12.7. The summed E-state index contributed by atoms with van der Waals surface area (Å²) in [6.45, 7) is 1.21. The maximum atomic E-state index is 13.2. The smallest absolute Gasteiger partial charge is 0.325 e. The van der Waals surface area contributed by atoms with Crippen LogP contribution < -0.4 is 5.32 Å². The molecule has 1 aromatic carbocycles. The molecule has 0 saturated carbocycles. The Morgan fingerprint density at radius 1 is 1.56 bits per heavy atom. The highest BCUT2D eigenvalue weighted by molar-refractivity contribution is 9.10. The number of hydrogen-bond donors (Lipinski definition) is 2. The zero-order valence-electron chi connectivity index (χ0n) is 10.3. The first-order valence-electron chi connectivity index (χ1n) is 5.47. The van der Waals surface area contributed by atoms with E-state index in [1.54, 1.807) is 0 Å². The summed E-state index contributed by atoms with van der Waals surface area (Å²) in [5, 5.41) is 12.1. The van der Waals surface area contributed by atoms with Crippen molar-refractivity contribution in [2.24, 2.45) is 0 Å². The van der Waals surface area contributed by atoms with Crippen molar-refractivity contribution in [3.63, 3.8) is 0 Å². The molecule has 1 rings (SSSR count). The van der Waals surface area contributed by atoms with Gasteiger partial charge in [0.15, 0.2) is 0 Å². The second-order valence-corrected chi connectivity index (χ2v) is 5.05. The first kappa shape index (κ1) is 15.1. The second kappa shape index (κ2) is 6.82. The van der Waals surface area contributed by atoms with Gasteiger partial charge in [-0.05, 0) is 37.9 Å². The lowest BCUT2D eigenvalue weighted by atomic mass is 10.1. The summed E-state index contributed by atoms with van der Waals surface area (Å²) in [4.78, 5) is 13.2. The number of carboxylic acid groups (broad SMARTS) is 1. The van der Waals surface area contributed by atoms with Gasteiger partial charge >= 0.3 is 5.97 Å². The number of rotatable bonds is 6. The molecule has 1 atom stereocenters. The summed E-state index contributed by atoms with van der Waals surface area (Å²) >= 11 is 3.24. The van der Waals surface area contributed by atoms with E-state index in [2.05, 4.69) is 21.2 Å². The molecule has 0 aliphatic carbocycles. The Labute approximate surface area is 114 Å². The van der Waals surface area contributed by atoms with Crippen LogP contribution in [-0.2, 0) is 4.79 Å². The predicted octanol–water partition coefficient (Wildman–Crippen LogP) is 1.87. The largest absolute Gasteiger partial charge is 0.480 e. The predicted molar refractivity (Wildman–Crippen MR) is 71.0 cm³/mol. The SMILES string of the molecule is CN(C)CCNC(C(=O)O)c1cc(F)ccc1Br. The van der Waals surface area contributed by atoms with E-state index in [1.807, 2.05) is 19.0 Å². The number of aliphatic carboxylic acids is 1. The Kier molecular flexibility index (Phi) is 5.71. The van der Waals surface area contributed by atoms with Gasteiger partial charge in [0.25, 0.3) is 0 Å². The van der Waals surface area contributed by atoms with E-state index in [0.717, 1.165) is 0 Å². The molecule has 0 aliphatic heterocycles. The van der Waals surface area contributed by atoms with Gasteiger partial charge in [-0.2, -0.15) is 0 Å². The molecule has 0 saturated heterocycles. The molecule has 0 amide bonds. The molecule has 0 aliphatic rings. The third-order valence-electron chi connectivity index (χ3n) is 2.42. The molecule has 4 nitrogen and oxygen atoms in total. The summed E-state index contributed by atoms with van der Waals surface area (Å²) in [5.74, 6) is -1.48. The van der Waals surface area contributed by atoms with E-state index in [1.165, 1.54) is 18.2 Å². The Morgan fingerprint density at radius 2 is 2.22 bits per heavy atom. The van der Waals surface area contributed by atoms with E-state index in [9.17, 15) is 14.3 Å². The van der Waals surface area contributed by atoms with E-state index in [4.69, 9.17) is 0 Å². The molecular weight excluding hydrogens is 303 g/mol. The average molecular weight is 319 g/mol. The van der Waals surface area contributed by atoms with Crippen molar-refractivity contribution < 1.29 is 14.3 Å². The summed E-state index contributed by atoms with van der Waals surface area (Å²) in [7, 11) is 3.80. The summed E-state index contributed by atoms with van der Waals surface area (Å²) in [5.41, 5.74) is 0.390. The van der Waals surface area contributed by atoms with E-state index in [0.29, 0.717) is 23.1 Å². The minimum Gasteiger partial charge on any atom is -0.480 e. The van der Waals surface area contributed by atoms with Crippen LogP contribution in [0.2, 0.25) is 0 Å². The van der Waals surface area contributed by atoms with Gasteiger partial charge in [0, 0.05) is 17.6 Å². The Hall–Kier alpha value is -0.980. The molecule has 0 spiro atoms. The number of halogens is 2. The molecule has 0 bridgehead atoms. The monoisotopic (exact) mass is 318 g/mol. The van der Waals surface area contributed by atoms with Gasteiger partial charge < -0.3 is 10.0 Å². The summed E-state index contributed by atoms with van der Waals surface area (Å²) in [6, 6.07) is 3.10. The van der Waals surface area contributed by atoms with Crippen LogP contribution in [0.15, 0.2) is 22.7 Å². The minimum absolute atomic E-state index is 0.390. The van der Waals surface area contributed by atoms with Crippen molar-refractivity contribution >= 4 is 21.9 Å². The molecule has 18 heavy (non-hydrogen) atoms. The van der Waals surface area contributed by atoms with Crippen molar-refractivity contribution in [1.29, 1.82) is 0 Å². The molecular formula is C12H16BrFN2O2. The van der Waals surface area contributed by atoms with Crippen molar-refractivity contribution in [3.05, 3.63) is 34.1 Å². The van der Waals surface area contributed by atoms with Crippen LogP contribution >= 0.6 is 15.9 Å². The minimum atomic E-state index is -1.03. The van der Waals surface area contributed by atoms with E-state index < -0.39 is 17.8 Å². The maximum Gasteiger partial charge on any atom is 0.325 e. The number of benzene rings is 1. The Bertz CT molecular complexity index is 427. The quantitative estimate of drug-likeness (QED) is 0.840. The molecule has 6 heteroatoms. The lowest BCUT2D eigenvalue weighted by Crippen LogP contribution is -2.34. The van der Waals surface area contributed by atoms with Gasteiger partial charge in [-0.15, -0.1) is 0 Å². The van der Waals surface area contributed by atoms with Crippen molar-refractivity contribution in [3.8, 4) is 0 Å². The molecule has 1 aromatic rings. The van der Waals surface area contributed by atoms with Gasteiger partial charge in [0.05, 0.1) is 0 Å². The molecule has 0 aromatic heterocycles. The van der Waals surface area contributed by atoms with Crippen molar-refractivity contribution in [2.75, 3.05) is 27.2 Å². The third-order valence-corrected chi connectivity index (χ3v) is 3.15. The van der Waals surface area contributed by atoms with Crippen LogP contribution in [0.4, 0.5) is 4.39 Å². The topological polar surface area (TPSA) is 52.6 Å². The molecule has 0 heterocycles. The second-order valence-electron chi connectivity index (χ2n) is 4.19. The van der Waals surface area contributed by atoms with Gasteiger partial charge in [-0.25, -0.2) is 4.39 Å². The van der Waals surface area contributed by atoms with Gasteiger partial charge in [-0.3, -0.25) is 10.1 Å².